The highest BCUT2D eigenvalue weighted by Gasteiger charge is 2.19. The van der Waals surface area contributed by atoms with Crippen molar-refractivity contribution in [3.63, 3.8) is 0 Å². The summed E-state index contributed by atoms with van der Waals surface area (Å²) in [6.45, 7) is 2.17. The molecule has 2 heterocycles. The van der Waals surface area contributed by atoms with Crippen molar-refractivity contribution in [3.05, 3.63) is 34.8 Å². The highest BCUT2D eigenvalue weighted by atomic mass is 14.9. The van der Waals surface area contributed by atoms with Gasteiger partial charge in [-0.3, -0.25) is 4.99 Å². The van der Waals surface area contributed by atoms with Gasteiger partial charge < -0.3 is 5.32 Å². The molecule has 3 rings (SSSR count). The number of nitrogens with zero attached hydrogens (tertiary/aromatic N) is 1. The van der Waals surface area contributed by atoms with E-state index in [9.17, 15) is 0 Å². The number of para-hydroxylation sites is 1. The van der Waals surface area contributed by atoms with Gasteiger partial charge in [0, 0.05) is 11.8 Å². The van der Waals surface area contributed by atoms with Gasteiger partial charge in [-0.25, -0.2) is 0 Å². The average molecular weight is 200 g/mol. The molecule has 0 amide bonds. The van der Waals surface area contributed by atoms with Crippen LogP contribution in [-0.2, 0) is 0 Å². The fourth-order valence-electron chi connectivity index (χ4n) is 2.55. The van der Waals surface area contributed by atoms with E-state index in [1.165, 1.54) is 35.4 Å². The molecule has 0 radical (unpaired) electrons. The zero-order valence-electron chi connectivity index (χ0n) is 8.87. The van der Waals surface area contributed by atoms with Gasteiger partial charge in [-0.1, -0.05) is 18.2 Å². The van der Waals surface area contributed by atoms with E-state index in [0.29, 0.717) is 6.04 Å². The molecule has 1 aromatic rings. The van der Waals surface area contributed by atoms with E-state index in [1.54, 1.807) is 0 Å². The lowest BCUT2D eigenvalue weighted by molar-refractivity contribution is 0.569. The molecule has 1 saturated heterocycles. The Labute approximate surface area is 89.7 Å². The maximum absolute atomic E-state index is 4.80. The first-order valence-corrected chi connectivity index (χ1v) is 5.82. The zero-order chi connectivity index (χ0) is 10.1. The lowest BCUT2D eigenvalue weighted by Gasteiger charge is -2.17. The monoisotopic (exact) mass is 200 g/mol. The first kappa shape index (κ1) is 9.10. The van der Waals surface area contributed by atoms with Crippen LogP contribution in [0.25, 0.3) is 5.57 Å². The molecular formula is C13H16N2. The number of benzene rings is 1. The van der Waals surface area contributed by atoms with Crippen molar-refractivity contribution in [1.29, 1.82) is 0 Å². The molecule has 2 heteroatoms. The molecule has 0 spiro atoms. The molecule has 0 saturated carbocycles. The minimum Gasteiger partial charge on any atom is -0.313 e. The van der Waals surface area contributed by atoms with Crippen LogP contribution in [0.5, 0.6) is 0 Å². The smallest absolute Gasteiger partial charge is 0.0738 e. The molecule has 1 N–H and O–H groups in total. The lowest BCUT2D eigenvalue weighted by Crippen LogP contribution is -2.30. The van der Waals surface area contributed by atoms with Gasteiger partial charge in [0.1, 0.15) is 0 Å². The lowest BCUT2D eigenvalue weighted by atomic mass is 9.99. The minimum absolute atomic E-state index is 0.454. The van der Waals surface area contributed by atoms with Gasteiger partial charge in [0.15, 0.2) is 0 Å². The van der Waals surface area contributed by atoms with E-state index in [0.717, 1.165) is 13.1 Å². The number of nitrogens with one attached hydrogen (secondary N) is 1. The van der Waals surface area contributed by atoms with Crippen LogP contribution in [0, 0.1) is 0 Å². The van der Waals surface area contributed by atoms with Gasteiger partial charge in [0.25, 0.3) is 0 Å². The van der Waals surface area contributed by atoms with E-state index in [1.807, 2.05) is 0 Å². The standard InChI is InChI=1S/C13H16N2/c1-2-6-12-10(5-1)11-9-14-8-4-3-7-13(11)15-12/h1-2,5-6,13-14H,3-4,7-9H2. The molecule has 2 nitrogen and oxygen atoms in total. The first-order chi connectivity index (χ1) is 7.45. The summed E-state index contributed by atoms with van der Waals surface area (Å²) in [7, 11) is 0. The van der Waals surface area contributed by atoms with Crippen LogP contribution >= 0.6 is 0 Å². The Morgan fingerprint density at radius 2 is 2.13 bits per heavy atom. The predicted molar refractivity (Wildman–Crippen MR) is 61.1 cm³/mol. The summed E-state index contributed by atoms with van der Waals surface area (Å²) in [4.78, 5) is 4.80. The van der Waals surface area contributed by atoms with Gasteiger partial charge in [0.05, 0.1) is 11.4 Å². The number of rotatable bonds is 0. The Morgan fingerprint density at radius 1 is 1.20 bits per heavy atom. The molecule has 1 aromatic carbocycles. The quantitative estimate of drug-likeness (QED) is 0.652. The third-order valence-electron chi connectivity index (χ3n) is 3.34. The molecule has 0 bridgehead atoms. The predicted octanol–water partition coefficient (Wildman–Crippen LogP) is 0.613. The summed E-state index contributed by atoms with van der Waals surface area (Å²) in [5, 5.41) is 6.07. The van der Waals surface area contributed by atoms with Crippen LogP contribution in [0.3, 0.4) is 0 Å². The second kappa shape index (κ2) is 3.78. The van der Waals surface area contributed by atoms with E-state index < -0.39 is 0 Å². The van der Waals surface area contributed by atoms with Crippen molar-refractivity contribution in [2.45, 2.75) is 25.3 Å². The molecule has 2 aliphatic heterocycles. The zero-order valence-corrected chi connectivity index (χ0v) is 8.87. The van der Waals surface area contributed by atoms with Crippen molar-refractivity contribution < 1.29 is 0 Å². The number of hydrogen-bond acceptors (Lipinski definition) is 2. The summed E-state index contributed by atoms with van der Waals surface area (Å²) in [6, 6.07) is 8.98. The summed E-state index contributed by atoms with van der Waals surface area (Å²) in [5.74, 6) is 0. The van der Waals surface area contributed by atoms with Crippen molar-refractivity contribution in [1.82, 2.24) is 5.32 Å². The average Bonchev–Trinajstić information content (AvgIpc) is 2.55. The van der Waals surface area contributed by atoms with Crippen LogP contribution < -0.4 is 15.9 Å². The molecule has 78 valence electrons. The van der Waals surface area contributed by atoms with Gasteiger partial charge in [-0.05, 0) is 37.4 Å². The molecule has 15 heavy (non-hydrogen) atoms. The van der Waals surface area contributed by atoms with Crippen LogP contribution in [0.1, 0.15) is 19.3 Å². The molecular weight excluding hydrogens is 184 g/mol. The third kappa shape index (κ3) is 1.59. The molecule has 0 aliphatic carbocycles. The van der Waals surface area contributed by atoms with Gasteiger partial charge >= 0.3 is 0 Å². The fraction of sp³-hybridized carbons (Fsp3) is 0.462. The first-order valence-electron chi connectivity index (χ1n) is 5.82. The summed E-state index contributed by atoms with van der Waals surface area (Å²) in [5.41, 5.74) is 1.50. The molecule has 1 atom stereocenters. The van der Waals surface area contributed by atoms with Crippen LogP contribution in [0.2, 0.25) is 0 Å². The maximum atomic E-state index is 4.80. The van der Waals surface area contributed by atoms with Crippen LogP contribution in [0.15, 0.2) is 29.3 Å². The highest BCUT2D eigenvalue weighted by Crippen LogP contribution is 2.17. The molecule has 1 fully saturated rings. The molecule has 1 unspecified atom stereocenters. The van der Waals surface area contributed by atoms with Gasteiger partial charge in [-0.2, -0.15) is 0 Å². The van der Waals surface area contributed by atoms with Crippen molar-refractivity contribution >= 4 is 5.57 Å². The largest absolute Gasteiger partial charge is 0.313 e. The van der Waals surface area contributed by atoms with E-state index >= 15 is 0 Å². The second-order valence-electron chi connectivity index (χ2n) is 4.36. The maximum Gasteiger partial charge on any atom is 0.0738 e. The third-order valence-corrected chi connectivity index (χ3v) is 3.34. The normalized spacial score (nSPS) is 24.8. The van der Waals surface area contributed by atoms with Crippen LogP contribution in [0.4, 0.5) is 0 Å². The van der Waals surface area contributed by atoms with Crippen molar-refractivity contribution in [3.8, 4) is 0 Å². The van der Waals surface area contributed by atoms with Gasteiger partial charge in [-0.15, -0.1) is 0 Å². The minimum atomic E-state index is 0.454. The van der Waals surface area contributed by atoms with E-state index in [4.69, 9.17) is 4.99 Å². The highest BCUT2D eigenvalue weighted by molar-refractivity contribution is 5.55. The molecule has 0 aromatic heterocycles. The Balaban J connectivity index is 2.11. The molecule has 2 aliphatic rings. The Bertz CT molecular complexity index is 476. The van der Waals surface area contributed by atoms with Crippen molar-refractivity contribution in [2.24, 2.45) is 4.99 Å². The summed E-state index contributed by atoms with van der Waals surface area (Å²) >= 11 is 0. The summed E-state index contributed by atoms with van der Waals surface area (Å²) in [6.07, 6.45) is 3.81. The Hall–Kier alpha value is -1.15. The second-order valence-corrected chi connectivity index (χ2v) is 4.36. The number of fused-ring (bicyclic) bond motifs is 2. The van der Waals surface area contributed by atoms with Crippen molar-refractivity contribution in [2.75, 3.05) is 13.1 Å². The topological polar surface area (TPSA) is 24.4 Å². The SMILES string of the molecule is c1ccc2c(c1)=NC1CCCCNCC=21. The van der Waals surface area contributed by atoms with Crippen LogP contribution in [-0.4, -0.2) is 19.1 Å². The summed E-state index contributed by atoms with van der Waals surface area (Å²) < 4.78 is 0. The van der Waals surface area contributed by atoms with Gasteiger partial charge in [0.2, 0.25) is 0 Å². The number of hydrogen-bond donors (Lipinski definition) is 1. The van der Waals surface area contributed by atoms with E-state index in [2.05, 4.69) is 29.6 Å². The Morgan fingerprint density at radius 3 is 3.13 bits per heavy atom. The van der Waals surface area contributed by atoms with E-state index in [-0.39, 0.29) is 0 Å². The Kier molecular flexibility index (Phi) is 2.29. The fourth-order valence-corrected chi connectivity index (χ4v) is 2.55.